The van der Waals surface area contributed by atoms with Gasteiger partial charge < -0.3 is 4.84 Å². The number of benzene rings is 1. The first-order valence-electron chi connectivity index (χ1n) is 5.26. The van der Waals surface area contributed by atoms with Crippen LogP contribution in [0.4, 0.5) is 0 Å². The molecule has 1 aromatic carbocycles. The van der Waals surface area contributed by atoms with Crippen molar-refractivity contribution in [1.82, 2.24) is 9.97 Å². The molecule has 1 heterocycles. The van der Waals surface area contributed by atoms with Crippen molar-refractivity contribution in [3.63, 3.8) is 0 Å². The summed E-state index contributed by atoms with van der Waals surface area (Å²) < 4.78 is 0. The molecule has 2 N–H and O–H groups in total. The minimum absolute atomic E-state index is 0.395. The van der Waals surface area contributed by atoms with Gasteiger partial charge in [0.05, 0.1) is 6.61 Å². The Balaban J connectivity index is 2.23. The molecular weight excluding hydrogens is 214 g/mol. The Kier molecular flexibility index (Phi) is 3.96. The SMILES string of the molecule is NOCC=Cc1cccc(-c2ncccn2)c1. The average molecular weight is 227 g/mol. The molecule has 0 spiro atoms. The summed E-state index contributed by atoms with van der Waals surface area (Å²) in [7, 11) is 0. The van der Waals surface area contributed by atoms with Crippen molar-refractivity contribution in [2.24, 2.45) is 5.90 Å². The molecule has 0 bridgehead atoms. The highest BCUT2D eigenvalue weighted by Gasteiger charge is 1.99. The summed E-state index contributed by atoms with van der Waals surface area (Å²) in [4.78, 5) is 12.9. The molecule has 2 aromatic rings. The van der Waals surface area contributed by atoms with E-state index in [0.29, 0.717) is 6.61 Å². The molecule has 4 nitrogen and oxygen atoms in total. The minimum Gasteiger partial charge on any atom is -0.300 e. The molecule has 1 aromatic heterocycles. The molecule has 0 saturated carbocycles. The van der Waals surface area contributed by atoms with Crippen LogP contribution in [0.2, 0.25) is 0 Å². The molecule has 4 heteroatoms. The van der Waals surface area contributed by atoms with Crippen LogP contribution in [0.25, 0.3) is 17.5 Å². The first-order chi connectivity index (χ1) is 8.40. The molecule has 0 aliphatic rings. The predicted molar refractivity (Wildman–Crippen MR) is 66.6 cm³/mol. The normalized spacial score (nSPS) is 10.9. The summed E-state index contributed by atoms with van der Waals surface area (Å²) in [5, 5.41) is 0. The van der Waals surface area contributed by atoms with Gasteiger partial charge in [0, 0.05) is 18.0 Å². The maximum atomic E-state index is 4.94. The summed E-state index contributed by atoms with van der Waals surface area (Å²) in [5.41, 5.74) is 2.05. The minimum atomic E-state index is 0.395. The first-order valence-corrected chi connectivity index (χ1v) is 5.26. The maximum absolute atomic E-state index is 4.94. The van der Waals surface area contributed by atoms with E-state index >= 15 is 0 Å². The van der Waals surface area contributed by atoms with E-state index < -0.39 is 0 Å². The molecule has 0 saturated heterocycles. The highest BCUT2D eigenvalue weighted by atomic mass is 16.6. The molecule has 2 rings (SSSR count). The van der Waals surface area contributed by atoms with E-state index in [1.807, 2.05) is 36.4 Å². The molecule has 0 fully saturated rings. The van der Waals surface area contributed by atoms with Crippen LogP contribution in [0.5, 0.6) is 0 Å². The Hall–Kier alpha value is -2.04. The van der Waals surface area contributed by atoms with Crippen molar-refractivity contribution < 1.29 is 4.84 Å². The number of hydrogen-bond donors (Lipinski definition) is 1. The van der Waals surface area contributed by atoms with Crippen molar-refractivity contribution in [1.29, 1.82) is 0 Å². The fourth-order valence-corrected chi connectivity index (χ4v) is 1.47. The monoisotopic (exact) mass is 227 g/mol. The second kappa shape index (κ2) is 5.89. The van der Waals surface area contributed by atoms with E-state index in [1.165, 1.54) is 0 Å². The summed E-state index contributed by atoms with van der Waals surface area (Å²) >= 11 is 0. The van der Waals surface area contributed by atoms with Crippen LogP contribution in [0, 0.1) is 0 Å². The molecule has 0 unspecified atom stereocenters. The first kappa shape index (κ1) is 11.4. The smallest absolute Gasteiger partial charge is 0.159 e. The van der Waals surface area contributed by atoms with Crippen LogP contribution >= 0.6 is 0 Å². The van der Waals surface area contributed by atoms with Crippen LogP contribution in [0.3, 0.4) is 0 Å². The molecule has 0 aliphatic carbocycles. The van der Waals surface area contributed by atoms with Gasteiger partial charge in [0.1, 0.15) is 0 Å². The lowest BCUT2D eigenvalue weighted by atomic mass is 10.1. The van der Waals surface area contributed by atoms with E-state index in [0.717, 1.165) is 17.0 Å². The number of hydrogen-bond acceptors (Lipinski definition) is 4. The van der Waals surface area contributed by atoms with Crippen LogP contribution in [0.1, 0.15) is 5.56 Å². The fraction of sp³-hybridized carbons (Fsp3) is 0.0769. The van der Waals surface area contributed by atoms with Crippen molar-refractivity contribution in [3.05, 3.63) is 54.4 Å². The van der Waals surface area contributed by atoms with Gasteiger partial charge in [-0.3, -0.25) is 0 Å². The van der Waals surface area contributed by atoms with Crippen molar-refractivity contribution in [3.8, 4) is 11.4 Å². The summed E-state index contributed by atoms with van der Waals surface area (Å²) in [6.07, 6.45) is 7.25. The van der Waals surface area contributed by atoms with Crippen molar-refractivity contribution in [2.45, 2.75) is 0 Å². The molecule has 17 heavy (non-hydrogen) atoms. The fourth-order valence-electron chi connectivity index (χ4n) is 1.47. The Labute approximate surface area is 99.7 Å². The Morgan fingerprint density at radius 1 is 1.18 bits per heavy atom. The lowest BCUT2D eigenvalue weighted by Crippen LogP contribution is -1.96. The van der Waals surface area contributed by atoms with Crippen molar-refractivity contribution in [2.75, 3.05) is 6.61 Å². The summed E-state index contributed by atoms with van der Waals surface area (Å²) in [6.45, 7) is 0.395. The molecule has 86 valence electrons. The van der Waals surface area contributed by atoms with E-state index in [9.17, 15) is 0 Å². The van der Waals surface area contributed by atoms with Gasteiger partial charge >= 0.3 is 0 Å². The van der Waals surface area contributed by atoms with Gasteiger partial charge in [0.2, 0.25) is 0 Å². The standard InChI is InChI=1S/C13H13N3O/c14-17-9-2-5-11-4-1-6-12(10-11)13-15-7-3-8-16-13/h1-8,10H,9,14H2. The molecular formula is C13H13N3O. The van der Waals surface area contributed by atoms with Crippen molar-refractivity contribution >= 4 is 6.08 Å². The zero-order valence-corrected chi connectivity index (χ0v) is 9.28. The van der Waals surface area contributed by atoms with Crippen LogP contribution in [0.15, 0.2) is 48.8 Å². The third-order valence-electron chi connectivity index (χ3n) is 2.21. The van der Waals surface area contributed by atoms with Gasteiger partial charge in [-0.05, 0) is 17.7 Å². The largest absolute Gasteiger partial charge is 0.300 e. The van der Waals surface area contributed by atoms with E-state index in [1.54, 1.807) is 18.5 Å². The number of rotatable bonds is 4. The van der Waals surface area contributed by atoms with E-state index in [2.05, 4.69) is 14.8 Å². The van der Waals surface area contributed by atoms with Gasteiger partial charge in [-0.15, -0.1) is 0 Å². The predicted octanol–water partition coefficient (Wildman–Crippen LogP) is 2.05. The highest BCUT2D eigenvalue weighted by molar-refractivity contribution is 5.61. The highest BCUT2D eigenvalue weighted by Crippen LogP contribution is 2.16. The quantitative estimate of drug-likeness (QED) is 0.812. The van der Waals surface area contributed by atoms with Crippen LogP contribution in [-0.2, 0) is 4.84 Å². The molecule has 0 radical (unpaired) electrons. The summed E-state index contributed by atoms with van der Waals surface area (Å²) in [5.74, 6) is 5.66. The maximum Gasteiger partial charge on any atom is 0.159 e. The Morgan fingerprint density at radius 3 is 2.76 bits per heavy atom. The van der Waals surface area contributed by atoms with E-state index in [4.69, 9.17) is 5.90 Å². The average Bonchev–Trinajstić information content (AvgIpc) is 2.41. The lowest BCUT2D eigenvalue weighted by molar-refractivity contribution is 0.168. The Morgan fingerprint density at radius 2 is 2.00 bits per heavy atom. The van der Waals surface area contributed by atoms with E-state index in [-0.39, 0.29) is 0 Å². The third kappa shape index (κ3) is 3.21. The van der Waals surface area contributed by atoms with Gasteiger partial charge in [-0.2, -0.15) is 0 Å². The van der Waals surface area contributed by atoms with Crippen LogP contribution in [-0.4, -0.2) is 16.6 Å². The van der Waals surface area contributed by atoms with Gasteiger partial charge in [0.15, 0.2) is 5.82 Å². The van der Waals surface area contributed by atoms with Gasteiger partial charge in [-0.25, -0.2) is 15.9 Å². The summed E-state index contributed by atoms with van der Waals surface area (Å²) in [6, 6.07) is 9.76. The third-order valence-corrected chi connectivity index (χ3v) is 2.21. The zero-order valence-electron chi connectivity index (χ0n) is 9.28. The molecule has 0 aliphatic heterocycles. The van der Waals surface area contributed by atoms with Gasteiger partial charge in [-0.1, -0.05) is 30.4 Å². The second-order valence-corrected chi connectivity index (χ2v) is 3.43. The van der Waals surface area contributed by atoms with Gasteiger partial charge in [0.25, 0.3) is 0 Å². The number of nitrogens with two attached hydrogens (primary N) is 1. The zero-order chi connectivity index (χ0) is 11.9. The topological polar surface area (TPSA) is 61.0 Å². The molecule has 0 amide bonds. The Bertz CT molecular complexity index is 497. The van der Waals surface area contributed by atoms with Crippen LogP contribution < -0.4 is 5.90 Å². The second-order valence-electron chi connectivity index (χ2n) is 3.43. The number of aromatic nitrogens is 2. The lowest BCUT2D eigenvalue weighted by Gasteiger charge is -2.00. The molecule has 0 atom stereocenters. The number of nitrogens with zero attached hydrogens (tertiary/aromatic N) is 2.